The van der Waals surface area contributed by atoms with Crippen molar-refractivity contribution in [1.29, 1.82) is 0 Å². The van der Waals surface area contributed by atoms with Gasteiger partial charge in [0, 0.05) is 0 Å². The largest absolute Gasteiger partial charge is 0.481 e. The number of ether oxygens (including phenoxy) is 2. The zero-order valence-electron chi connectivity index (χ0n) is 10.4. The minimum Gasteiger partial charge on any atom is -0.481 e. The number of hydrogen-bond donors (Lipinski definition) is 1. The summed E-state index contributed by atoms with van der Waals surface area (Å²) in [5.41, 5.74) is 1.07. The first-order chi connectivity index (χ1) is 8.65. The Morgan fingerprint density at radius 1 is 1.28 bits per heavy atom. The molecule has 0 amide bonds. The van der Waals surface area contributed by atoms with Crippen molar-refractivity contribution in [3.8, 4) is 11.5 Å². The number of carboxylic acid groups (broad SMARTS) is 1. The van der Waals surface area contributed by atoms with E-state index in [2.05, 4.69) is 0 Å². The summed E-state index contributed by atoms with van der Waals surface area (Å²) in [5, 5.41) is 9.62. The number of rotatable bonds is 2. The van der Waals surface area contributed by atoms with Crippen LogP contribution in [0.4, 0.5) is 0 Å². The molecule has 4 nitrogen and oxygen atoms in total. The molecule has 0 bridgehead atoms. The van der Waals surface area contributed by atoms with Gasteiger partial charge in [-0.1, -0.05) is 18.9 Å². The zero-order chi connectivity index (χ0) is 12.8. The van der Waals surface area contributed by atoms with Crippen molar-refractivity contribution in [2.24, 2.45) is 0 Å². The van der Waals surface area contributed by atoms with Crippen molar-refractivity contribution in [2.45, 2.75) is 38.0 Å². The number of fused-ring (bicyclic) bond motifs is 1. The van der Waals surface area contributed by atoms with Crippen LogP contribution in [0.3, 0.4) is 0 Å². The highest BCUT2D eigenvalue weighted by Crippen LogP contribution is 2.47. The second-order valence-corrected chi connectivity index (χ2v) is 5.07. The fourth-order valence-corrected chi connectivity index (χ4v) is 3.21. The molecule has 1 saturated carbocycles. The molecule has 2 aliphatic rings. The Morgan fingerprint density at radius 3 is 2.67 bits per heavy atom. The SMILES string of the molecule is Cc1c(C2(C(=O)O)CCCC2)ccc2c1OCO2. The van der Waals surface area contributed by atoms with Gasteiger partial charge < -0.3 is 14.6 Å². The van der Waals surface area contributed by atoms with Gasteiger partial charge in [-0.15, -0.1) is 0 Å². The van der Waals surface area contributed by atoms with E-state index in [1.807, 2.05) is 19.1 Å². The van der Waals surface area contributed by atoms with Crippen LogP contribution < -0.4 is 9.47 Å². The zero-order valence-corrected chi connectivity index (χ0v) is 10.4. The molecule has 18 heavy (non-hydrogen) atoms. The van der Waals surface area contributed by atoms with Crippen molar-refractivity contribution in [2.75, 3.05) is 6.79 Å². The van der Waals surface area contributed by atoms with E-state index < -0.39 is 11.4 Å². The van der Waals surface area contributed by atoms with Crippen LogP contribution in [-0.4, -0.2) is 17.9 Å². The maximum Gasteiger partial charge on any atom is 0.314 e. The Labute approximate surface area is 106 Å². The average Bonchev–Trinajstić information content (AvgIpc) is 2.98. The standard InChI is InChI=1S/C14H16O4/c1-9-10(4-5-11-12(9)18-8-17-11)14(13(15)16)6-2-3-7-14/h4-5H,2-3,6-8H2,1H3,(H,15,16). The molecule has 0 atom stereocenters. The first kappa shape index (κ1) is 11.4. The molecule has 96 valence electrons. The van der Waals surface area contributed by atoms with E-state index in [0.29, 0.717) is 18.6 Å². The summed E-state index contributed by atoms with van der Waals surface area (Å²) in [5.74, 6) is 0.705. The molecule has 1 aliphatic carbocycles. The van der Waals surface area contributed by atoms with Gasteiger partial charge in [0.15, 0.2) is 11.5 Å². The summed E-state index contributed by atoms with van der Waals surface area (Å²) < 4.78 is 10.8. The van der Waals surface area contributed by atoms with Gasteiger partial charge >= 0.3 is 5.97 Å². The Kier molecular flexibility index (Phi) is 2.47. The molecule has 0 saturated heterocycles. The van der Waals surface area contributed by atoms with Gasteiger partial charge in [0.1, 0.15) is 0 Å². The molecule has 0 spiro atoms. The van der Waals surface area contributed by atoms with Crippen molar-refractivity contribution >= 4 is 5.97 Å². The van der Waals surface area contributed by atoms with Crippen LogP contribution in [-0.2, 0) is 10.2 Å². The lowest BCUT2D eigenvalue weighted by atomic mass is 9.76. The number of carbonyl (C=O) groups is 1. The molecule has 1 fully saturated rings. The van der Waals surface area contributed by atoms with Gasteiger partial charge in [-0.25, -0.2) is 0 Å². The third kappa shape index (κ3) is 1.41. The number of carboxylic acids is 1. The normalized spacial score (nSPS) is 20.1. The van der Waals surface area contributed by atoms with Gasteiger partial charge in [0.2, 0.25) is 6.79 Å². The van der Waals surface area contributed by atoms with Crippen molar-refractivity contribution < 1.29 is 19.4 Å². The van der Waals surface area contributed by atoms with Gasteiger partial charge in [-0.2, -0.15) is 0 Å². The predicted octanol–water partition coefficient (Wildman–Crippen LogP) is 2.62. The van der Waals surface area contributed by atoms with Gasteiger partial charge in [0.05, 0.1) is 5.41 Å². The van der Waals surface area contributed by atoms with E-state index >= 15 is 0 Å². The molecule has 0 radical (unpaired) electrons. The van der Waals surface area contributed by atoms with E-state index in [9.17, 15) is 9.90 Å². The molecular formula is C14H16O4. The minimum atomic E-state index is -0.731. The third-order valence-electron chi connectivity index (χ3n) is 4.17. The summed E-state index contributed by atoms with van der Waals surface area (Å²) in [6.45, 7) is 2.14. The average molecular weight is 248 g/mol. The summed E-state index contributed by atoms with van der Waals surface area (Å²) >= 11 is 0. The Hall–Kier alpha value is -1.71. The summed E-state index contributed by atoms with van der Waals surface area (Å²) in [6, 6.07) is 3.72. The van der Waals surface area contributed by atoms with E-state index in [-0.39, 0.29) is 6.79 Å². The molecule has 1 N–H and O–H groups in total. The number of hydrogen-bond acceptors (Lipinski definition) is 3. The fourth-order valence-electron chi connectivity index (χ4n) is 3.21. The quantitative estimate of drug-likeness (QED) is 0.874. The molecule has 1 aromatic carbocycles. The molecule has 0 aromatic heterocycles. The first-order valence-electron chi connectivity index (χ1n) is 6.28. The smallest absolute Gasteiger partial charge is 0.314 e. The maximum atomic E-state index is 11.7. The second kappa shape index (κ2) is 3.90. The summed E-state index contributed by atoms with van der Waals surface area (Å²) in [4.78, 5) is 11.7. The Bertz CT molecular complexity index is 501. The number of aliphatic carboxylic acids is 1. The van der Waals surface area contributed by atoms with Gasteiger partial charge in [0.25, 0.3) is 0 Å². The van der Waals surface area contributed by atoms with Gasteiger partial charge in [-0.3, -0.25) is 4.79 Å². The van der Waals surface area contributed by atoms with Crippen LogP contribution in [0.2, 0.25) is 0 Å². The van der Waals surface area contributed by atoms with Crippen LogP contribution in [0.5, 0.6) is 11.5 Å². The second-order valence-electron chi connectivity index (χ2n) is 5.07. The number of benzene rings is 1. The van der Waals surface area contributed by atoms with Crippen LogP contribution in [0, 0.1) is 6.92 Å². The lowest BCUT2D eigenvalue weighted by Crippen LogP contribution is -2.33. The molecule has 0 unspecified atom stereocenters. The topological polar surface area (TPSA) is 55.8 Å². The highest BCUT2D eigenvalue weighted by atomic mass is 16.7. The lowest BCUT2D eigenvalue weighted by molar-refractivity contribution is -0.143. The fraction of sp³-hybridized carbons (Fsp3) is 0.500. The highest BCUT2D eigenvalue weighted by molar-refractivity contribution is 5.83. The molecule has 1 aromatic rings. The highest BCUT2D eigenvalue weighted by Gasteiger charge is 2.44. The summed E-state index contributed by atoms with van der Waals surface area (Å²) in [7, 11) is 0. The van der Waals surface area contributed by atoms with E-state index in [1.54, 1.807) is 0 Å². The van der Waals surface area contributed by atoms with Crippen LogP contribution in [0.1, 0.15) is 36.8 Å². The molecular weight excluding hydrogens is 232 g/mol. The lowest BCUT2D eigenvalue weighted by Gasteiger charge is -2.26. The van der Waals surface area contributed by atoms with E-state index in [1.165, 1.54) is 0 Å². The molecule has 4 heteroatoms. The summed E-state index contributed by atoms with van der Waals surface area (Å²) in [6.07, 6.45) is 3.37. The van der Waals surface area contributed by atoms with Crippen molar-refractivity contribution in [1.82, 2.24) is 0 Å². The monoisotopic (exact) mass is 248 g/mol. The van der Waals surface area contributed by atoms with Crippen LogP contribution in [0.25, 0.3) is 0 Å². The van der Waals surface area contributed by atoms with E-state index in [4.69, 9.17) is 9.47 Å². The maximum absolute atomic E-state index is 11.7. The van der Waals surface area contributed by atoms with Crippen LogP contribution >= 0.6 is 0 Å². The molecule has 1 aliphatic heterocycles. The first-order valence-corrected chi connectivity index (χ1v) is 6.28. The van der Waals surface area contributed by atoms with Gasteiger partial charge in [-0.05, 0) is 37.0 Å². The Morgan fingerprint density at radius 2 is 2.00 bits per heavy atom. The molecule has 3 rings (SSSR count). The predicted molar refractivity (Wildman–Crippen MR) is 65.1 cm³/mol. The molecule has 1 heterocycles. The Balaban J connectivity index is 2.14. The minimum absolute atomic E-state index is 0.222. The van der Waals surface area contributed by atoms with Crippen molar-refractivity contribution in [3.05, 3.63) is 23.3 Å². The van der Waals surface area contributed by atoms with Crippen molar-refractivity contribution in [3.63, 3.8) is 0 Å². The van der Waals surface area contributed by atoms with E-state index in [0.717, 1.165) is 29.7 Å². The van der Waals surface area contributed by atoms with Crippen LogP contribution in [0.15, 0.2) is 12.1 Å². The third-order valence-corrected chi connectivity index (χ3v) is 4.17.